The number of carboxylic acids is 1. The summed E-state index contributed by atoms with van der Waals surface area (Å²) in [6, 6.07) is 5.00. The maximum absolute atomic E-state index is 10.9. The Hall–Kier alpha value is -2.56. The Morgan fingerprint density at radius 2 is 2.11 bits per heavy atom. The monoisotopic (exact) mass is 262 g/mol. The second-order valence-electron chi connectivity index (χ2n) is 3.51. The van der Waals surface area contributed by atoms with Gasteiger partial charge in [0.2, 0.25) is 0 Å². The lowest BCUT2D eigenvalue weighted by atomic mass is 10.1. The number of rotatable bonds is 7. The van der Waals surface area contributed by atoms with E-state index in [9.17, 15) is 9.59 Å². The second kappa shape index (κ2) is 7.00. The Kier molecular flexibility index (Phi) is 5.35. The molecule has 19 heavy (non-hydrogen) atoms. The quantitative estimate of drug-likeness (QED) is 0.461. The molecule has 0 bridgehead atoms. The van der Waals surface area contributed by atoms with Crippen LogP contribution in [0.2, 0.25) is 0 Å². The number of carbonyl (C=O) groups excluding carboxylic acids is 1. The maximum atomic E-state index is 10.9. The Labute approximate surface area is 110 Å². The van der Waals surface area contributed by atoms with Crippen molar-refractivity contribution in [2.75, 3.05) is 13.7 Å². The highest BCUT2D eigenvalue weighted by molar-refractivity contribution is 6.38. The number of ketones is 1. The van der Waals surface area contributed by atoms with Crippen molar-refractivity contribution in [1.82, 2.24) is 0 Å². The van der Waals surface area contributed by atoms with Gasteiger partial charge >= 0.3 is 5.97 Å². The van der Waals surface area contributed by atoms with Crippen LogP contribution in [0, 0.1) is 0 Å². The first kappa shape index (κ1) is 14.5. The molecule has 5 heteroatoms. The molecular weight excluding hydrogens is 248 g/mol. The lowest BCUT2D eigenvalue weighted by Gasteiger charge is -2.09. The Balaban J connectivity index is 2.90. The second-order valence-corrected chi connectivity index (χ2v) is 3.51. The first-order valence-electron chi connectivity index (χ1n) is 5.45. The van der Waals surface area contributed by atoms with Gasteiger partial charge in [-0.05, 0) is 23.8 Å². The highest BCUT2D eigenvalue weighted by Gasteiger charge is 2.07. The average Bonchev–Trinajstić information content (AvgIpc) is 2.42. The van der Waals surface area contributed by atoms with Gasteiger partial charge in [0.1, 0.15) is 6.61 Å². The summed E-state index contributed by atoms with van der Waals surface area (Å²) in [4.78, 5) is 21.3. The van der Waals surface area contributed by atoms with E-state index in [-0.39, 0.29) is 0 Å². The minimum atomic E-state index is -1.49. The van der Waals surface area contributed by atoms with Crippen LogP contribution in [0.5, 0.6) is 11.5 Å². The molecule has 0 spiro atoms. The third-order valence-corrected chi connectivity index (χ3v) is 2.18. The Morgan fingerprint density at radius 1 is 1.37 bits per heavy atom. The lowest BCUT2D eigenvalue weighted by Crippen LogP contribution is -2.08. The Bertz CT molecular complexity index is 517. The van der Waals surface area contributed by atoms with Gasteiger partial charge in [-0.25, -0.2) is 4.79 Å². The third kappa shape index (κ3) is 4.31. The highest BCUT2D eigenvalue weighted by Crippen LogP contribution is 2.28. The molecule has 1 rings (SSSR count). The van der Waals surface area contributed by atoms with Gasteiger partial charge in [0.15, 0.2) is 11.5 Å². The maximum Gasteiger partial charge on any atom is 0.376 e. The fourth-order valence-electron chi connectivity index (χ4n) is 1.30. The molecule has 0 fully saturated rings. The van der Waals surface area contributed by atoms with Crippen LogP contribution in [0.4, 0.5) is 0 Å². The van der Waals surface area contributed by atoms with E-state index in [1.54, 1.807) is 24.3 Å². The van der Waals surface area contributed by atoms with Crippen LogP contribution in [-0.4, -0.2) is 30.6 Å². The molecule has 0 saturated carbocycles. The van der Waals surface area contributed by atoms with Gasteiger partial charge in [0.05, 0.1) is 7.11 Å². The van der Waals surface area contributed by atoms with E-state index in [1.807, 2.05) is 0 Å². The minimum Gasteiger partial charge on any atom is -0.493 e. The first-order valence-corrected chi connectivity index (χ1v) is 5.45. The predicted octanol–water partition coefficient (Wildman–Crippen LogP) is 1.93. The summed E-state index contributed by atoms with van der Waals surface area (Å²) < 4.78 is 10.5. The SMILES string of the molecule is C=CCOc1ccc(/C=C/C(=O)C(=O)O)cc1OC. The van der Waals surface area contributed by atoms with Crippen molar-refractivity contribution >= 4 is 17.8 Å². The number of hydrogen-bond acceptors (Lipinski definition) is 4. The third-order valence-electron chi connectivity index (χ3n) is 2.18. The fraction of sp³-hybridized carbons (Fsp3) is 0.143. The van der Waals surface area contributed by atoms with Gasteiger partial charge < -0.3 is 14.6 Å². The van der Waals surface area contributed by atoms with E-state index in [2.05, 4.69) is 6.58 Å². The summed E-state index contributed by atoms with van der Waals surface area (Å²) in [6.07, 6.45) is 4.00. The summed E-state index contributed by atoms with van der Waals surface area (Å²) in [5.41, 5.74) is 0.636. The molecule has 0 heterocycles. The molecule has 5 nitrogen and oxygen atoms in total. The molecule has 0 aromatic heterocycles. The summed E-state index contributed by atoms with van der Waals surface area (Å²) in [7, 11) is 1.49. The van der Waals surface area contributed by atoms with Crippen LogP contribution >= 0.6 is 0 Å². The van der Waals surface area contributed by atoms with E-state index in [0.717, 1.165) is 6.08 Å². The van der Waals surface area contributed by atoms with Crippen molar-refractivity contribution in [2.24, 2.45) is 0 Å². The van der Waals surface area contributed by atoms with E-state index in [4.69, 9.17) is 14.6 Å². The van der Waals surface area contributed by atoms with Gasteiger partial charge in [0.25, 0.3) is 5.78 Å². The van der Waals surface area contributed by atoms with E-state index < -0.39 is 11.8 Å². The van der Waals surface area contributed by atoms with Crippen molar-refractivity contribution < 1.29 is 24.2 Å². The van der Waals surface area contributed by atoms with Crippen molar-refractivity contribution in [1.29, 1.82) is 0 Å². The Morgan fingerprint density at radius 3 is 2.68 bits per heavy atom. The predicted molar refractivity (Wildman–Crippen MR) is 70.4 cm³/mol. The van der Waals surface area contributed by atoms with Crippen LogP contribution in [0.25, 0.3) is 6.08 Å². The average molecular weight is 262 g/mol. The standard InChI is InChI=1S/C14H14O5/c1-3-8-19-12-7-5-10(9-13(12)18-2)4-6-11(15)14(16)17/h3-7,9H,1,8H2,2H3,(H,16,17)/b6-4+. The molecule has 100 valence electrons. The highest BCUT2D eigenvalue weighted by atomic mass is 16.5. The van der Waals surface area contributed by atoms with Gasteiger partial charge in [0, 0.05) is 0 Å². The van der Waals surface area contributed by atoms with Gasteiger partial charge in [-0.2, -0.15) is 0 Å². The van der Waals surface area contributed by atoms with Crippen LogP contribution in [0.3, 0.4) is 0 Å². The van der Waals surface area contributed by atoms with Crippen LogP contribution in [0.1, 0.15) is 5.56 Å². The largest absolute Gasteiger partial charge is 0.493 e. The molecule has 0 amide bonds. The smallest absolute Gasteiger partial charge is 0.376 e. The van der Waals surface area contributed by atoms with E-state index in [0.29, 0.717) is 23.7 Å². The number of hydrogen-bond donors (Lipinski definition) is 1. The minimum absolute atomic E-state index is 0.350. The van der Waals surface area contributed by atoms with Gasteiger partial charge in [-0.1, -0.05) is 24.8 Å². The topological polar surface area (TPSA) is 72.8 Å². The van der Waals surface area contributed by atoms with Crippen LogP contribution in [-0.2, 0) is 9.59 Å². The molecule has 1 aromatic rings. The number of ether oxygens (including phenoxy) is 2. The lowest BCUT2D eigenvalue weighted by molar-refractivity contribution is -0.146. The normalized spacial score (nSPS) is 10.2. The molecule has 0 aliphatic heterocycles. The molecule has 0 aliphatic rings. The van der Waals surface area contributed by atoms with Gasteiger partial charge in [-0.15, -0.1) is 0 Å². The molecule has 0 unspecified atom stereocenters. The number of methoxy groups -OCH3 is 1. The molecule has 0 aliphatic carbocycles. The molecule has 0 saturated heterocycles. The number of carboxylic acid groups (broad SMARTS) is 1. The van der Waals surface area contributed by atoms with Gasteiger partial charge in [-0.3, -0.25) is 4.79 Å². The van der Waals surface area contributed by atoms with Crippen LogP contribution < -0.4 is 9.47 Å². The van der Waals surface area contributed by atoms with Crippen molar-refractivity contribution in [3.63, 3.8) is 0 Å². The van der Waals surface area contributed by atoms with Crippen molar-refractivity contribution in [3.05, 3.63) is 42.5 Å². The van der Waals surface area contributed by atoms with E-state index >= 15 is 0 Å². The summed E-state index contributed by atoms with van der Waals surface area (Å²) in [6.45, 7) is 3.89. The fourth-order valence-corrected chi connectivity index (χ4v) is 1.30. The molecule has 1 N–H and O–H groups in total. The number of carbonyl (C=O) groups is 2. The van der Waals surface area contributed by atoms with Crippen LogP contribution in [0.15, 0.2) is 36.9 Å². The number of benzene rings is 1. The van der Waals surface area contributed by atoms with Crippen molar-refractivity contribution in [3.8, 4) is 11.5 Å². The molecule has 0 atom stereocenters. The summed E-state index contributed by atoms with van der Waals surface area (Å²) >= 11 is 0. The zero-order valence-electron chi connectivity index (χ0n) is 10.5. The zero-order chi connectivity index (χ0) is 14.3. The number of aliphatic carboxylic acids is 1. The first-order chi connectivity index (χ1) is 9.08. The molecule has 1 aromatic carbocycles. The zero-order valence-corrected chi connectivity index (χ0v) is 10.5. The summed E-state index contributed by atoms with van der Waals surface area (Å²) in [5, 5.41) is 8.45. The summed E-state index contributed by atoms with van der Waals surface area (Å²) in [5.74, 6) is -1.43. The van der Waals surface area contributed by atoms with Crippen molar-refractivity contribution in [2.45, 2.75) is 0 Å². The van der Waals surface area contributed by atoms with E-state index in [1.165, 1.54) is 13.2 Å². The molecule has 0 radical (unpaired) electrons. The molecular formula is C14H14O5.